The summed E-state index contributed by atoms with van der Waals surface area (Å²) in [6.45, 7) is 1.34. The first-order chi connectivity index (χ1) is 12.1. The first-order valence-electron chi connectivity index (χ1n) is 8.73. The van der Waals surface area contributed by atoms with Crippen LogP contribution in [0.15, 0.2) is 24.3 Å². The molecule has 3 rings (SSSR count). The van der Waals surface area contributed by atoms with Gasteiger partial charge in [0.1, 0.15) is 18.0 Å². The van der Waals surface area contributed by atoms with Crippen molar-refractivity contribution < 1.29 is 18.7 Å². The minimum Gasteiger partial charge on any atom is -0.497 e. The number of urea groups is 1. The summed E-state index contributed by atoms with van der Waals surface area (Å²) in [6.07, 6.45) is 1.96. The minimum absolute atomic E-state index is 0.0494. The number of alkyl halides is 1. The molecule has 25 heavy (non-hydrogen) atoms. The van der Waals surface area contributed by atoms with Crippen LogP contribution < -0.4 is 10.1 Å². The van der Waals surface area contributed by atoms with Crippen molar-refractivity contribution >= 4 is 17.6 Å². The van der Waals surface area contributed by atoms with Gasteiger partial charge in [-0.2, -0.15) is 0 Å². The van der Waals surface area contributed by atoms with Crippen molar-refractivity contribution in [3.8, 4) is 5.75 Å². The van der Waals surface area contributed by atoms with Gasteiger partial charge >= 0.3 is 6.03 Å². The number of ether oxygens (including phenoxy) is 1. The Morgan fingerprint density at radius 3 is 2.48 bits per heavy atom. The molecule has 7 heteroatoms. The van der Waals surface area contributed by atoms with Crippen molar-refractivity contribution in [2.45, 2.75) is 37.9 Å². The highest BCUT2D eigenvalue weighted by Crippen LogP contribution is 2.25. The van der Waals surface area contributed by atoms with Crippen molar-refractivity contribution in [1.29, 1.82) is 0 Å². The Morgan fingerprint density at radius 2 is 1.84 bits per heavy atom. The van der Waals surface area contributed by atoms with Crippen molar-refractivity contribution in [1.82, 2.24) is 9.80 Å². The van der Waals surface area contributed by atoms with Gasteiger partial charge in [-0.25, -0.2) is 9.18 Å². The van der Waals surface area contributed by atoms with Crippen LogP contribution in [-0.4, -0.2) is 60.7 Å². The number of hydrogen-bond donors (Lipinski definition) is 1. The third-order valence-corrected chi connectivity index (χ3v) is 4.80. The summed E-state index contributed by atoms with van der Waals surface area (Å²) in [6, 6.07) is 5.72. The topological polar surface area (TPSA) is 61.9 Å². The number of rotatable bonds is 3. The first-order valence-corrected chi connectivity index (χ1v) is 8.73. The number of piperidine rings is 1. The molecule has 0 aromatic heterocycles. The molecule has 1 aromatic rings. The summed E-state index contributed by atoms with van der Waals surface area (Å²) >= 11 is 0. The van der Waals surface area contributed by atoms with Gasteiger partial charge in [-0.3, -0.25) is 4.79 Å². The van der Waals surface area contributed by atoms with Gasteiger partial charge < -0.3 is 19.9 Å². The van der Waals surface area contributed by atoms with E-state index in [1.165, 1.54) is 4.90 Å². The zero-order valence-electron chi connectivity index (χ0n) is 14.4. The first kappa shape index (κ1) is 17.5. The summed E-state index contributed by atoms with van der Waals surface area (Å²) in [7, 11) is 1.57. The Kier molecular flexibility index (Phi) is 5.40. The highest BCUT2D eigenvalue weighted by molar-refractivity contribution is 5.94. The average molecular weight is 349 g/mol. The van der Waals surface area contributed by atoms with E-state index in [2.05, 4.69) is 5.32 Å². The summed E-state index contributed by atoms with van der Waals surface area (Å²) in [5.74, 6) is 0.547. The maximum atomic E-state index is 13.9. The van der Waals surface area contributed by atoms with E-state index >= 15 is 0 Å². The van der Waals surface area contributed by atoms with Crippen LogP contribution in [0.25, 0.3) is 0 Å². The third kappa shape index (κ3) is 4.03. The Hall–Kier alpha value is -2.31. The van der Waals surface area contributed by atoms with E-state index in [0.29, 0.717) is 24.5 Å². The zero-order chi connectivity index (χ0) is 17.8. The van der Waals surface area contributed by atoms with Gasteiger partial charge in [-0.1, -0.05) is 0 Å². The molecule has 0 radical (unpaired) electrons. The Labute approximate surface area is 146 Å². The lowest BCUT2D eigenvalue weighted by molar-refractivity contribution is -0.136. The molecule has 2 aliphatic rings. The smallest absolute Gasteiger partial charge is 0.322 e. The molecule has 2 saturated heterocycles. The largest absolute Gasteiger partial charge is 0.497 e. The lowest BCUT2D eigenvalue weighted by atomic mass is 10.1. The van der Waals surface area contributed by atoms with Crippen molar-refractivity contribution in [2.24, 2.45) is 0 Å². The number of carbonyl (C=O) groups excluding carboxylic acids is 2. The number of halogens is 1. The number of amides is 3. The Balaban J connectivity index is 1.67. The van der Waals surface area contributed by atoms with E-state index in [0.717, 1.165) is 19.3 Å². The third-order valence-electron chi connectivity index (χ3n) is 4.80. The van der Waals surface area contributed by atoms with Gasteiger partial charge in [0.2, 0.25) is 5.91 Å². The molecule has 2 atom stereocenters. The molecule has 2 fully saturated rings. The molecule has 1 N–H and O–H groups in total. The number of methoxy groups -OCH3 is 1. The van der Waals surface area contributed by atoms with Gasteiger partial charge in [0.05, 0.1) is 13.7 Å². The number of nitrogens with one attached hydrogen (secondary N) is 1. The highest BCUT2D eigenvalue weighted by Gasteiger charge is 2.41. The molecule has 6 nitrogen and oxygen atoms in total. The molecule has 0 unspecified atom stereocenters. The van der Waals surface area contributed by atoms with Gasteiger partial charge in [-0.05, 0) is 43.5 Å². The normalized spacial score (nSPS) is 23.4. The molecular weight excluding hydrogens is 325 g/mol. The van der Waals surface area contributed by atoms with Crippen molar-refractivity contribution in [2.75, 3.05) is 32.1 Å². The average Bonchev–Trinajstić information content (AvgIpc) is 3.04. The fourth-order valence-corrected chi connectivity index (χ4v) is 3.44. The van der Waals surface area contributed by atoms with Gasteiger partial charge in [0.15, 0.2) is 0 Å². The summed E-state index contributed by atoms with van der Waals surface area (Å²) < 4.78 is 19.0. The molecule has 3 amide bonds. The predicted molar refractivity (Wildman–Crippen MR) is 92.5 cm³/mol. The predicted octanol–water partition coefficient (Wildman–Crippen LogP) is 2.65. The second-order valence-corrected chi connectivity index (χ2v) is 6.55. The van der Waals surface area contributed by atoms with Gasteiger partial charge in [0.25, 0.3) is 0 Å². The van der Waals surface area contributed by atoms with Crippen LogP contribution in [0.4, 0.5) is 14.9 Å². The van der Waals surface area contributed by atoms with Gasteiger partial charge in [-0.15, -0.1) is 0 Å². The second kappa shape index (κ2) is 7.72. The van der Waals surface area contributed by atoms with Crippen LogP contribution in [0.5, 0.6) is 5.75 Å². The van der Waals surface area contributed by atoms with E-state index in [4.69, 9.17) is 4.74 Å². The van der Waals surface area contributed by atoms with Crippen molar-refractivity contribution in [3.63, 3.8) is 0 Å². The second-order valence-electron chi connectivity index (χ2n) is 6.55. The standard InChI is InChI=1S/C18H24FN3O3/c1-25-15-7-5-14(6-8-15)20-18(24)22-12-13(19)11-16(22)17(23)21-9-3-2-4-10-21/h5-8,13,16H,2-4,9-12H2,1H3,(H,20,24)/t13-,16-/m0/s1. The van der Waals surface area contributed by atoms with Crippen molar-refractivity contribution in [3.05, 3.63) is 24.3 Å². The molecule has 2 aliphatic heterocycles. The van der Waals surface area contributed by atoms with Crippen LogP contribution in [0.2, 0.25) is 0 Å². The SMILES string of the molecule is COc1ccc(NC(=O)N2C[C@@H](F)C[C@H]2C(=O)N2CCCCC2)cc1. The fraction of sp³-hybridized carbons (Fsp3) is 0.556. The summed E-state index contributed by atoms with van der Waals surface area (Å²) in [4.78, 5) is 28.4. The maximum absolute atomic E-state index is 13.9. The lowest BCUT2D eigenvalue weighted by Crippen LogP contribution is -2.50. The molecule has 2 heterocycles. The maximum Gasteiger partial charge on any atom is 0.322 e. The number of nitrogens with zero attached hydrogens (tertiary/aromatic N) is 2. The van der Waals surface area contributed by atoms with E-state index in [1.807, 2.05) is 0 Å². The molecule has 0 bridgehead atoms. The lowest BCUT2D eigenvalue weighted by Gasteiger charge is -2.32. The molecule has 136 valence electrons. The van der Waals surface area contributed by atoms with Crippen LogP contribution in [-0.2, 0) is 4.79 Å². The highest BCUT2D eigenvalue weighted by atomic mass is 19.1. The van der Waals surface area contributed by atoms with Crippen LogP contribution in [0.1, 0.15) is 25.7 Å². The summed E-state index contributed by atoms with van der Waals surface area (Å²) in [5.41, 5.74) is 0.581. The van der Waals surface area contributed by atoms with E-state index in [-0.39, 0.29) is 18.9 Å². The van der Waals surface area contributed by atoms with E-state index in [1.54, 1.807) is 36.3 Å². The number of carbonyl (C=O) groups is 2. The van der Waals surface area contributed by atoms with E-state index in [9.17, 15) is 14.0 Å². The molecular formula is C18H24FN3O3. The number of anilines is 1. The number of benzene rings is 1. The van der Waals surface area contributed by atoms with Gasteiger partial charge in [0, 0.05) is 25.2 Å². The van der Waals surface area contributed by atoms with Crippen LogP contribution in [0, 0.1) is 0 Å². The fourth-order valence-electron chi connectivity index (χ4n) is 3.44. The summed E-state index contributed by atoms with van der Waals surface area (Å²) in [5, 5.41) is 2.74. The minimum atomic E-state index is -1.17. The monoisotopic (exact) mass is 349 g/mol. The Bertz CT molecular complexity index is 616. The molecule has 0 spiro atoms. The quantitative estimate of drug-likeness (QED) is 0.913. The molecule has 1 aromatic carbocycles. The van der Waals surface area contributed by atoms with E-state index < -0.39 is 18.2 Å². The van der Waals surface area contributed by atoms with Crippen LogP contribution in [0.3, 0.4) is 0 Å². The molecule has 0 aliphatic carbocycles. The number of hydrogen-bond acceptors (Lipinski definition) is 3. The Morgan fingerprint density at radius 1 is 1.16 bits per heavy atom. The molecule has 0 saturated carbocycles. The number of likely N-dealkylation sites (tertiary alicyclic amines) is 2. The zero-order valence-corrected chi connectivity index (χ0v) is 14.4. The van der Waals surface area contributed by atoms with Crippen LogP contribution >= 0.6 is 0 Å².